The summed E-state index contributed by atoms with van der Waals surface area (Å²) in [5.41, 5.74) is 12.3. The van der Waals surface area contributed by atoms with Gasteiger partial charge >= 0.3 is 0 Å². The molecule has 0 heterocycles. The molecule has 0 aliphatic carbocycles. The molecule has 0 atom stereocenters. The van der Waals surface area contributed by atoms with Crippen molar-refractivity contribution < 1.29 is 14.3 Å². The Morgan fingerprint density at radius 3 is 2.00 bits per heavy atom. The average molecular weight is 270 g/mol. The quantitative estimate of drug-likeness (QED) is 0.882. The van der Waals surface area contributed by atoms with E-state index in [4.69, 9.17) is 16.2 Å². The van der Waals surface area contributed by atoms with Crippen LogP contribution in [0, 0.1) is 0 Å². The first kappa shape index (κ1) is 13.6. The molecule has 5 nitrogen and oxygen atoms in total. The lowest BCUT2D eigenvalue weighted by Gasteiger charge is -2.12. The van der Waals surface area contributed by atoms with E-state index in [1.165, 1.54) is 7.11 Å². The summed E-state index contributed by atoms with van der Waals surface area (Å²) in [6, 6.07) is 11.7. The highest BCUT2D eigenvalue weighted by molar-refractivity contribution is 6.08. The van der Waals surface area contributed by atoms with Crippen molar-refractivity contribution in [1.82, 2.24) is 0 Å². The fourth-order valence-corrected chi connectivity index (χ4v) is 2.05. The minimum Gasteiger partial charge on any atom is -0.497 e. The number of methoxy groups -OCH3 is 1. The van der Waals surface area contributed by atoms with Gasteiger partial charge in [0.1, 0.15) is 5.75 Å². The van der Waals surface area contributed by atoms with E-state index >= 15 is 0 Å². The van der Waals surface area contributed by atoms with Gasteiger partial charge in [-0.15, -0.1) is 0 Å². The zero-order chi connectivity index (χ0) is 14.7. The number of carbonyl (C=O) groups excluding carboxylic acids is 2. The normalized spacial score (nSPS) is 10.1. The molecule has 0 unspecified atom stereocenters. The van der Waals surface area contributed by atoms with Crippen molar-refractivity contribution in [1.29, 1.82) is 0 Å². The van der Waals surface area contributed by atoms with E-state index in [1.807, 2.05) is 0 Å². The molecule has 2 rings (SSSR count). The highest BCUT2D eigenvalue weighted by Crippen LogP contribution is 2.30. The summed E-state index contributed by atoms with van der Waals surface area (Å²) >= 11 is 0. The smallest absolute Gasteiger partial charge is 0.249 e. The van der Waals surface area contributed by atoms with Crippen LogP contribution in [0.5, 0.6) is 5.75 Å². The molecule has 4 N–H and O–H groups in total. The number of nitrogens with two attached hydrogens (primary N) is 2. The minimum absolute atomic E-state index is 0.245. The van der Waals surface area contributed by atoms with Gasteiger partial charge in [-0.2, -0.15) is 0 Å². The molecule has 0 aromatic heterocycles. The van der Waals surface area contributed by atoms with Crippen LogP contribution in [0.2, 0.25) is 0 Å². The van der Waals surface area contributed by atoms with E-state index in [0.29, 0.717) is 16.9 Å². The predicted molar refractivity (Wildman–Crippen MR) is 75.5 cm³/mol. The lowest BCUT2D eigenvalue weighted by atomic mass is 9.93. The number of carbonyl (C=O) groups is 2. The van der Waals surface area contributed by atoms with Gasteiger partial charge in [0.2, 0.25) is 11.8 Å². The molecule has 5 heteroatoms. The number of amides is 2. The highest BCUT2D eigenvalue weighted by Gasteiger charge is 2.17. The predicted octanol–water partition coefficient (Wildman–Crippen LogP) is 1.56. The SMILES string of the molecule is COc1cccc(-c2c(C(N)=O)cccc2C(N)=O)c1. The van der Waals surface area contributed by atoms with Crippen LogP contribution >= 0.6 is 0 Å². The molecule has 0 bridgehead atoms. The van der Waals surface area contributed by atoms with Gasteiger partial charge in [-0.1, -0.05) is 18.2 Å². The van der Waals surface area contributed by atoms with Gasteiger partial charge in [-0.05, 0) is 29.8 Å². The van der Waals surface area contributed by atoms with Gasteiger partial charge < -0.3 is 16.2 Å². The van der Waals surface area contributed by atoms with E-state index in [-0.39, 0.29) is 11.1 Å². The molecule has 2 aromatic rings. The third-order valence-corrected chi connectivity index (χ3v) is 2.95. The lowest BCUT2D eigenvalue weighted by Crippen LogP contribution is -2.18. The summed E-state index contributed by atoms with van der Waals surface area (Å²) in [7, 11) is 1.54. The molecule has 0 aliphatic heterocycles. The molecular formula is C15H14N2O3. The molecule has 2 aromatic carbocycles. The van der Waals surface area contributed by atoms with E-state index < -0.39 is 11.8 Å². The fraction of sp³-hybridized carbons (Fsp3) is 0.0667. The van der Waals surface area contributed by atoms with E-state index in [2.05, 4.69) is 0 Å². The second kappa shape index (κ2) is 5.44. The van der Waals surface area contributed by atoms with E-state index in [9.17, 15) is 9.59 Å². The van der Waals surface area contributed by atoms with Crippen LogP contribution in [0.3, 0.4) is 0 Å². The summed E-state index contributed by atoms with van der Waals surface area (Å²) in [6.45, 7) is 0. The van der Waals surface area contributed by atoms with Crippen LogP contribution in [0.1, 0.15) is 20.7 Å². The van der Waals surface area contributed by atoms with Crippen LogP contribution < -0.4 is 16.2 Å². The van der Waals surface area contributed by atoms with Gasteiger partial charge in [-0.25, -0.2) is 0 Å². The summed E-state index contributed by atoms with van der Waals surface area (Å²) < 4.78 is 5.14. The molecule has 20 heavy (non-hydrogen) atoms. The van der Waals surface area contributed by atoms with Crippen molar-refractivity contribution in [3.05, 3.63) is 53.6 Å². The topological polar surface area (TPSA) is 95.4 Å². The first-order valence-electron chi connectivity index (χ1n) is 5.91. The van der Waals surface area contributed by atoms with Crippen LogP contribution in [-0.2, 0) is 0 Å². The Labute approximate surface area is 116 Å². The minimum atomic E-state index is -0.620. The number of rotatable bonds is 4. The number of benzene rings is 2. The Morgan fingerprint density at radius 2 is 1.50 bits per heavy atom. The monoisotopic (exact) mass is 270 g/mol. The van der Waals surface area contributed by atoms with Gasteiger partial charge in [0.05, 0.1) is 7.11 Å². The molecule has 0 radical (unpaired) electrons. The maximum Gasteiger partial charge on any atom is 0.249 e. The Hall–Kier alpha value is -2.82. The number of ether oxygens (including phenoxy) is 1. The third kappa shape index (κ3) is 2.47. The van der Waals surface area contributed by atoms with E-state index in [0.717, 1.165) is 0 Å². The molecule has 0 fully saturated rings. The van der Waals surface area contributed by atoms with Crippen LogP contribution in [0.15, 0.2) is 42.5 Å². The molecule has 0 saturated heterocycles. The molecule has 102 valence electrons. The standard InChI is InChI=1S/C15H14N2O3/c1-20-10-5-2-4-9(8-10)13-11(14(16)18)6-3-7-12(13)15(17)19/h2-8H,1H3,(H2,16,18)(H2,17,19). The number of primary amides is 2. The number of hydrogen-bond acceptors (Lipinski definition) is 3. The second-order valence-corrected chi connectivity index (χ2v) is 4.19. The third-order valence-electron chi connectivity index (χ3n) is 2.95. The second-order valence-electron chi connectivity index (χ2n) is 4.19. The fourth-order valence-electron chi connectivity index (χ4n) is 2.05. The van der Waals surface area contributed by atoms with Crippen molar-refractivity contribution in [3.8, 4) is 16.9 Å². The molecule has 0 spiro atoms. The first-order valence-corrected chi connectivity index (χ1v) is 5.91. The Bertz CT molecular complexity index is 648. The summed E-state index contributed by atoms with van der Waals surface area (Å²) in [4.78, 5) is 23.1. The molecule has 2 amide bonds. The maximum atomic E-state index is 11.6. The van der Waals surface area contributed by atoms with Crippen molar-refractivity contribution in [3.63, 3.8) is 0 Å². The largest absolute Gasteiger partial charge is 0.497 e. The van der Waals surface area contributed by atoms with Crippen LogP contribution in [-0.4, -0.2) is 18.9 Å². The zero-order valence-corrected chi connectivity index (χ0v) is 10.9. The Balaban J connectivity index is 2.75. The van der Waals surface area contributed by atoms with E-state index in [1.54, 1.807) is 42.5 Å². The number of hydrogen-bond donors (Lipinski definition) is 2. The molecule has 0 aliphatic rings. The summed E-state index contributed by atoms with van der Waals surface area (Å²) in [6.07, 6.45) is 0. The van der Waals surface area contributed by atoms with Gasteiger partial charge in [0, 0.05) is 16.7 Å². The van der Waals surface area contributed by atoms with Gasteiger partial charge in [0.15, 0.2) is 0 Å². The van der Waals surface area contributed by atoms with Gasteiger partial charge in [0.25, 0.3) is 0 Å². The van der Waals surface area contributed by atoms with Crippen molar-refractivity contribution in [2.75, 3.05) is 7.11 Å². The Kier molecular flexibility index (Phi) is 3.70. The van der Waals surface area contributed by atoms with Crippen molar-refractivity contribution in [2.45, 2.75) is 0 Å². The summed E-state index contributed by atoms with van der Waals surface area (Å²) in [5.74, 6) is -0.631. The van der Waals surface area contributed by atoms with Crippen LogP contribution in [0.4, 0.5) is 0 Å². The average Bonchev–Trinajstić information content (AvgIpc) is 2.46. The zero-order valence-electron chi connectivity index (χ0n) is 10.9. The summed E-state index contributed by atoms with van der Waals surface area (Å²) in [5, 5.41) is 0. The van der Waals surface area contributed by atoms with Gasteiger partial charge in [-0.3, -0.25) is 9.59 Å². The molecule has 0 saturated carbocycles. The highest BCUT2D eigenvalue weighted by atomic mass is 16.5. The lowest BCUT2D eigenvalue weighted by molar-refractivity contribution is 0.0999. The first-order chi connectivity index (χ1) is 9.54. The molecular weight excluding hydrogens is 256 g/mol. The maximum absolute atomic E-state index is 11.6. The Morgan fingerprint density at radius 1 is 0.950 bits per heavy atom. The van der Waals surface area contributed by atoms with Crippen LogP contribution in [0.25, 0.3) is 11.1 Å². The van der Waals surface area contributed by atoms with Crippen molar-refractivity contribution >= 4 is 11.8 Å². The van der Waals surface area contributed by atoms with Crippen molar-refractivity contribution in [2.24, 2.45) is 11.5 Å².